The molecule has 0 aliphatic carbocycles. The third-order valence-electron chi connectivity index (χ3n) is 3.17. The molecule has 0 aliphatic heterocycles. The summed E-state index contributed by atoms with van der Waals surface area (Å²) in [5, 5.41) is 0.719. The second-order valence-electron chi connectivity index (χ2n) is 4.69. The Kier molecular flexibility index (Phi) is 3.24. The number of carbonyl (C=O) groups excluding carboxylic acids is 1. The fraction of sp³-hybridized carbons (Fsp3) is 0.125. The van der Waals surface area contributed by atoms with Gasteiger partial charge in [0.15, 0.2) is 5.13 Å². The van der Waals surface area contributed by atoms with Crippen molar-refractivity contribution < 1.29 is 4.79 Å². The predicted octanol–water partition coefficient (Wildman–Crippen LogP) is 3.88. The number of amides is 1. The van der Waals surface area contributed by atoms with Crippen molar-refractivity contribution in [1.82, 2.24) is 4.98 Å². The summed E-state index contributed by atoms with van der Waals surface area (Å²) in [6, 6.07) is 15.5. The van der Waals surface area contributed by atoms with Gasteiger partial charge in [0.1, 0.15) is 0 Å². The molecule has 100 valence electrons. The van der Waals surface area contributed by atoms with Gasteiger partial charge in [0.25, 0.3) is 5.91 Å². The molecule has 0 saturated carbocycles. The average Bonchev–Trinajstić information content (AvgIpc) is 2.90. The molecule has 0 atom stereocenters. The molecule has 4 heteroatoms. The van der Waals surface area contributed by atoms with E-state index in [1.54, 1.807) is 11.9 Å². The highest BCUT2D eigenvalue weighted by Crippen LogP contribution is 2.28. The number of rotatable bonds is 2. The average molecular weight is 282 g/mol. The number of aryl methyl sites for hydroxylation is 1. The second-order valence-corrected chi connectivity index (χ2v) is 5.70. The molecule has 0 radical (unpaired) electrons. The minimum atomic E-state index is -0.0379. The number of para-hydroxylation sites is 1. The van der Waals surface area contributed by atoms with Crippen LogP contribution in [-0.2, 0) is 0 Å². The molecule has 3 nitrogen and oxygen atoms in total. The van der Waals surface area contributed by atoms with Crippen LogP contribution < -0.4 is 4.90 Å². The maximum Gasteiger partial charge on any atom is 0.259 e. The van der Waals surface area contributed by atoms with Crippen LogP contribution in [0.4, 0.5) is 5.13 Å². The first kappa shape index (κ1) is 12.8. The maximum absolute atomic E-state index is 12.4. The van der Waals surface area contributed by atoms with Crippen molar-refractivity contribution in [2.24, 2.45) is 0 Å². The van der Waals surface area contributed by atoms with E-state index in [1.165, 1.54) is 11.3 Å². The van der Waals surface area contributed by atoms with E-state index in [9.17, 15) is 4.79 Å². The first-order chi connectivity index (χ1) is 9.65. The van der Waals surface area contributed by atoms with Crippen molar-refractivity contribution in [2.45, 2.75) is 6.92 Å². The molecule has 0 fully saturated rings. The van der Waals surface area contributed by atoms with Crippen molar-refractivity contribution in [3.05, 3.63) is 59.7 Å². The van der Waals surface area contributed by atoms with Gasteiger partial charge >= 0.3 is 0 Å². The molecule has 1 aromatic heterocycles. The number of hydrogen-bond acceptors (Lipinski definition) is 3. The fourth-order valence-electron chi connectivity index (χ4n) is 1.98. The van der Waals surface area contributed by atoms with Crippen molar-refractivity contribution in [1.29, 1.82) is 0 Å². The third-order valence-corrected chi connectivity index (χ3v) is 4.29. The monoisotopic (exact) mass is 282 g/mol. The standard InChI is InChI=1S/C16H14N2OS/c1-11-7-9-12(10-8-11)15(19)18(2)16-17-13-5-3-4-6-14(13)20-16/h3-10H,1-2H3. The lowest BCUT2D eigenvalue weighted by Crippen LogP contribution is -2.25. The van der Waals surface area contributed by atoms with Gasteiger partial charge in [-0.25, -0.2) is 4.98 Å². The highest BCUT2D eigenvalue weighted by Gasteiger charge is 2.16. The van der Waals surface area contributed by atoms with E-state index >= 15 is 0 Å². The molecular formula is C16H14N2OS. The molecular weight excluding hydrogens is 268 g/mol. The molecule has 0 spiro atoms. The van der Waals surface area contributed by atoms with Gasteiger partial charge < -0.3 is 0 Å². The summed E-state index contributed by atoms with van der Waals surface area (Å²) in [4.78, 5) is 18.5. The summed E-state index contributed by atoms with van der Waals surface area (Å²) >= 11 is 1.53. The van der Waals surface area contributed by atoms with Gasteiger partial charge in [-0.2, -0.15) is 0 Å². The molecule has 1 heterocycles. The van der Waals surface area contributed by atoms with Gasteiger partial charge in [0.2, 0.25) is 0 Å². The van der Waals surface area contributed by atoms with Gasteiger partial charge in [0.05, 0.1) is 10.2 Å². The molecule has 0 saturated heterocycles. The Morgan fingerprint density at radius 2 is 1.80 bits per heavy atom. The number of carbonyl (C=O) groups is 1. The van der Waals surface area contributed by atoms with Gasteiger partial charge in [-0.3, -0.25) is 9.69 Å². The highest BCUT2D eigenvalue weighted by atomic mass is 32.1. The highest BCUT2D eigenvalue weighted by molar-refractivity contribution is 7.22. The molecule has 1 amide bonds. The van der Waals surface area contributed by atoms with Crippen molar-refractivity contribution >= 4 is 32.6 Å². The molecule has 0 aliphatic rings. The fourth-order valence-corrected chi connectivity index (χ4v) is 2.91. The summed E-state index contributed by atoms with van der Waals surface area (Å²) in [5.74, 6) is -0.0379. The molecule has 0 N–H and O–H groups in total. The van der Waals surface area contributed by atoms with E-state index in [2.05, 4.69) is 4.98 Å². The van der Waals surface area contributed by atoms with Crippen LogP contribution in [0.2, 0.25) is 0 Å². The van der Waals surface area contributed by atoms with E-state index in [-0.39, 0.29) is 5.91 Å². The van der Waals surface area contributed by atoms with Crippen LogP contribution in [0.1, 0.15) is 15.9 Å². The Morgan fingerprint density at radius 1 is 1.10 bits per heavy atom. The Morgan fingerprint density at radius 3 is 2.50 bits per heavy atom. The van der Waals surface area contributed by atoms with Crippen LogP contribution in [-0.4, -0.2) is 17.9 Å². The maximum atomic E-state index is 12.4. The number of hydrogen-bond donors (Lipinski definition) is 0. The van der Waals surface area contributed by atoms with E-state index in [4.69, 9.17) is 0 Å². The summed E-state index contributed by atoms with van der Waals surface area (Å²) in [5.41, 5.74) is 2.75. The number of nitrogens with zero attached hydrogens (tertiary/aromatic N) is 2. The van der Waals surface area contributed by atoms with E-state index in [0.29, 0.717) is 5.56 Å². The van der Waals surface area contributed by atoms with Crippen LogP contribution in [0.5, 0.6) is 0 Å². The first-order valence-electron chi connectivity index (χ1n) is 6.35. The molecule has 20 heavy (non-hydrogen) atoms. The second kappa shape index (κ2) is 5.06. The smallest absolute Gasteiger partial charge is 0.259 e. The molecule has 3 aromatic rings. The Hall–Kier alpha value is -2.20. The molecule has 3 rings (SSSR count). The van der Waals surface area contributed by atoms with Gasteiger partial charge in [-0.05, 0) is 31.2 Å². The predicted molar refractivity (Wildman–Crippen MR) is 83.5 cm³/mol. The largest absolute Gasteiger partial charge is 0.287 e. The lowest BCUT2D eigenvalue weighted by atomic mass is 10.1. The first-order valence-corrected chi connectivity index (χ1v) is 7.17. The van der Waals surface area contributed by atoms with E-state index < -0.39 is 0 Å². The third kappa shape index (κ3) is 2.30. The zero-order valence-corrected chi connectivity index (χ0v) is 12.1. The number of fused-ring (bicyclic) bond motifs is 1. The van der Waals surface area contributed by atoms with Crippen LogP contribution in [0.25, 0.3) is 10.2 Å². The zero-order valence-electron chi connectivity index (χ0n) is 11.3. The zero-order chi connectivity index (χ0) is 14.1. The number of benzene rings is 2. The number of aromatic nitrogens is 1. The SMILES string of the molecule is Cc1ccc(C(=O)N(C)c2nc3ccccc3s2)cc1. The van der Waals surface area contributed by atoms with Gasteiger partial charge in [-0.15, -0.1) is 0 Å². The van der Waals surface area contributed by atoms with Crippen LogP contribution in [0, 0.1) is 6.92 Å². The van der Waals surface area contributed by atoms with Crippen molar-refractivity contribution in [3.63, 3.8) is 0 Å². The van der Waals surface area contributed by atoms with Gasteiger partial charge in [0, 0.05) is 12.6 Å². The van der Waals surface area contributed by atoms with Gasteiger partial charge in [-0.1, -0.05) is 41.2 Å². The Balaban J connectivity index is 1.93. The topological polar surface area (TPSA) is 33.2 Å². The number of anilines is 1. The Bertz CT molecular complexity index is 729. The minimum absolute atomic E-state index is 0.0379. The summed E-state index contributed by atoms with van der Waals surface area (Å²) < 4.78 is 1.09. The summed E-state index contributed by atoms with van der Waals surface area (Å²) in [7, 11) is 1.76. The van der Waals surface area contributed by atoms with E-state index in [0.717, 1.165) is 20.9 Å². The molecule has 2 aromatic carbocycles. The quantitative estimate of drug-likeness (QED) is 0.714. The van der Waals surface area contributed by atoms with Crippen LogP contribution in [0.15, 0.2) is 48.5 Å². The van der Waals surface area contributed by atoms with Crippen LogP contribution >= 0.6 is 11.3 Å². The normalized spacial score (nSPS) is 10.7. The minimum Gasteiger partial charge on any atom is -0.287 e. The molecule has 0 bridgehead atoms. The van der Waals surface area contributed by atoms with Crippen LogP contribution in [0.3, 0.4) is 0 Å². The number of thiazole rings is 1. The lowest BCUT2D eigenvalue weighted by molar-refractivity contribution is 0.0993. The van der Waals surface area contributed by atoms with E-state index in [1.807, 2.05) is 55.5 Å². The van der Waals surface area contributed by atoms with Crippen molar-refractivity contribution in [3.8, 4) is 0 Å². The Labute approximate surface area is 121 Å². The molecule has 0 unspecified atom stereocenters. The van der Waals surface area contributed by atoms with Crippen molar-refractivity contribution in [2.75, 3.05) is 11.9 Å². The lowest BCUT2D eigenvalue weighted by Gasteiger charge is -2.13. The summed E-state index contributed by atoms with van der Waals surface area (Å²) in [6.45, 7) is 2.01. The summed E-state index contributed by atoms with van der Waals surface area (Å²) in [6.07, 6.45) is 0.